The van der Waals surface area contributed by atoms with E-state index in [0.29, 0.717) is 5.69 Å². The fourth-order valence-corrected chi connectivity index (χ4v) is 3.21. The number of alkyl halides is 2. The van der Waals surface area contributed by atoms with E-state index in [1.54, 1.807) is 0 Å². The highest BCUT2D eigenvalue weighted by atomic mass is 32.2. The largest absolute Gasteiger partial charge is 0.280 e. The van der Waals surface area contributed by atoms with Crippen molar-refractivity contribution in [1.29, 1.82) is 0 Å². The van der Waals surface area contributed by atoms with Crippen molar-refractivity contribution in [1.82, 2.24) is 10.2 Å². The summed E-state index contributed by atoms with van der Waals surface area (Å²) in [6, 6.07) is 5.02. The molecule has 0 saturated heterocycles. The van der Waals surface area contributed by atoms with Gasteiger partial charge in [0.15, 0.2) is 0 Å². The van der Waals surface area contributed by atoms with Gasteiger partial charge in [-0.05, 0) is 12.0 Å². The van der Waals surface area contributed by atoms with Crippen LogP contribution in [0.3, 0.4) is 0 Å². The molecule has 2 aromatic rings. The zero-order valence-electron chi connectivity index (χ0n) is 11.5. The van der Waals surface area contributed by atoms with E-state index in [9.17, 15) is 17.2 Å². The first-order chi connectivity index (χ1) is 9.83. The lowest BCUT2D eigenvalue weighted by atomic mass is 10.1. The van der Waals surface area contributed by atoms with E-state index in [0.717, 1.165) is 12.1 Å². The Labute approximate surface area is 121 Å². The molecule has 114 valence electrons. The molecule has 2 rings (SSSR count). The number of benzene rings is 1. The van der Waals surface area contributed by atoms with Crippen LogP contribution < -0.4 is 4.72 Å². The highest BCUT2D eigenvalue weighted by Gasteiger charge is 2.24. The topological polar surface area (TPSA) is 74.8 Å². The maximum atomic E-state index is 12.9. The lowest BCUT2D eigenvalue weighted by Crippen LogP contribution is -2.16. The van der Waals surface area contributed by atoms with E-state index >= 15 is 0 Å². The molecule has 0 spiro atoms. The van der Waals surface area contributed by atoms with Gasteiger partial charge >= 0.3 is 0 Å². The molecule has 0 amide bonds. The number of aromatic nitrogens is 2. The van der Waals surface area contributed by atoms with Crippen LogP contribution >= 0.6 is 0 Å². The third-order valence-electron chi connectivity index (χ3n) is 2.93. The zero-order valence-corrected chi connectivity index (χ0v) is 12.3. The lowest BCUT2D eigenvalue weighted by molar-refractivity contribution is 0.148. The quantitative estimate of drug-likeness (QED) is 0.889. The summed E-state index contributed by atoms with van der Waals surface area (Å²) in [7, 11) is -4.10. The molecule has 1 aromatic carbocycles. The van der Waals surface area contributed by atoms with Gasteiger partial charge in [-0.1, -0.05) is 32.0 Å². The number of nitrogens with one attached hydrogen (secondary N) is 2. The minimum absolute atomic E-state index is 0.00976. The van der Waals surface area contributed by atoms with Crippen molar-refractivity contribution in [2.45, 2.75) is 31.1 Å². The van der Waals surface area contributed by atoms with Crippen molar-refractivity contribution >= 4 is 15.7 Å². The Balaban J connectivity index is 2.42. The first kappa shape index (κ1) is 15.4. The molecule has 0 aliphatic heterocycles. The third-order valence-corrected chi connectivity index (χ3v) is 4.37. The van der Waals surface area contributed by atoms with Crippen molar-refractivity contribution in [2.75, 3.05) is 4.72 Å². The van der Waals surface area contributed by atoms with E-state index in [1.807, 2.05) is 13.8 Å². The van der Waals surface area contributed by atoms with E-state index in [1.165, 1.54) is 18.3 Å². The molecule has 5 nitrogen and oxygen atoms in total. The summed E-state index contributed by atoms with van der Waals surface area (Å²) in [5.41, 5.74) is 0.321. The number of rotatable bonds is 5. The van der Waals surface area contributed by atoms with Crippen LogP contribution in [0.1, 0.15) is 37.4 Å². The normalized spacial score (nSPS) is 12.1. The molecule has 0 aliphatic carbocycles. The minimum Gasteiger partial charge on any atom is -0.280 e. The van der Waals surface area contributed by atoms with Gasteiger partial charge in [0.1, 0.15) is 0 Å². The number of aromatic amines is 1. The van der Waals surface area contributed by atoms with Crippen LogP contribution in [0, 0.1) is 0 Å². The number of halogens is 2. The van der Waals surface area contributed by atoms with Crippen LogP contribution in [-0.2, 0) is 10.0 Å². The molecule has 1 aromatic heterocycles. The zero-order chi connectivity index (χ0) is 15.6. The predicted octanol–water partition coefficient (Wildman–Crippen LogP) is 3.27. The summed E-state index contributed by atoms with van der Waals surface area (Å²) in [6.45, 7) is 3.72. The van der Waals surface area contributed by atoms with Gasteiger partial charge in [0.05, 0.1) is 22.5 Å². The minimum atomic E-state index is -4.10. The Bertz CT molecular complexity index is 727. The maximum absolute atomic E-state index is 12.9. The standard InChI is InChI=1S/C13H15F2N3O2S/c1-8(2)12-10(7-16-17-12)18-21(19,20)11-6-4-3-5-9(11)13(14)15/h3-8,13,18H,1-2H3,(H,16,17). The van der Waals surface area contributed by atoms with Crippen LogP contribution in [-0.4, -0.2) is 18.6 Å². The second kappa shape index (κ2) is 5.80. The van der Waals surface area contributed by atoms with Gasteiger partial charge < -0.3 is 0 Å². The van der Waals surface area contributed by atoms with Crippen LogP contribution in [0.4, 0.5) is 14.5 Å². The van der Waals surface area contributed by atoms with Crippen LogP contribution in [0.5, 0.6) is 0 Å². The molecule has 0 atom stereocenters. The Hall–Kier alpha value is -1.96. The van der Waals surface area contributed by atoms with Gasteiger partial charge in [0.2, 0.25) is 0 Å². The molecule has 2 N–H and O–H groups in total. The second-order valence-electron chi connectivity index (χ2n) is 4.80. The number of anilines is 1. The van der Waals surface area contributed by atoms with Crippen molar-refractivity contribution in [3.63, 3.8) is 0 Å². The Kier molecular flexibility index (Phi) is 4.26. The van der Waals surface area contributed by atoms with E-state index in [2.05, 4.69) is 14.9 Å². The maximum Gasteiger partial charge on any atom is 0.265 e. The van der Waals surface area contributed by atoms with Crippen molar-refractivity contribution in [2.24, 2.45) is 0 Å². The molecule has 21 heavy (non-hydrogen) atoms. The number of H-pyrrole nitrogens is 1. The van der Waals surface area contributed by atoms with Gasteiger partial charge in [-0.3, -0.25) is 9.82 Å². The molecule has 0 fully saturated rings. The number of nitrogens with zero attached hydrogens (tertiary/aromatic N) is 1. The summed E-state index contributed by atoms with van der Waals surface area (Å²) in [4.78, 5) is -0.434. The first-order valence-corrected chi connectivity index (χ1v) is 7.74. The monoisotopic (exact) mass is 315 g/mol. The molecule has 0 unspecified atom stereocenters. The van der Waals surface area contributed by atoms with Gasteiger partial charge in [-0.15, -0.1) is 0 Å². The number of sulfonamides is 1. The van der Waals surface area contributed by atoms with Crippen LogP contribution in [0.25, 0.3) is 0 Å². The van der Waals surface area contributed by atoms with Crippen molar-refractivity contribution in [3.05, 3.63) is 41.7 Å². The van der Waals surface area contributed by atoms with Crippen LogP contribution in [0.2, 0.25) is 0 Å². The van der Waals surface area contributed by atoms with Crippen molar-refractivity contribution in [3.8, 4) is 0 Å². The van der Waals surface area contributed by atoms with Gasteiger partial charge in [0.25, 0.3) is 16.4 Å². The Morgan fingerprint density at radius 2 is 1.90 bits per heavy atom. The van der Waals surface area contributed by atoms with Crippen molar-refractivity contribution < 1.29 is 17.2 Å². The average molecular weight is 315 g/mol. The number of hydrogen-bond acceptors (Lipinski definition) is 3. The third kappa shape index (κ3) is 3.21. The smallest absolute Gasteiger partial charge is 0.265 e. The van der Waals surface area contributed by atoms with Gasteiger partial charge in [-0.2, -0.15) is 5.10 Å². The summed E-state index contributed by atoms with van der Waals surface area (Å²) in [5, 5.41) is 6.47. The molecule has 1 heterocycles. The molecule has 0 radical (unpaired) electrons. The van der Waals surface area contributed by atoms with E-state index in [-0.39, 0.29) is 11.6 Å². The SMILES string of the molecule is CC(C)c1[nH]ncc1NS(=O)(=O)c1ccccc1C(F)F. The molecule has 8 heteroatoms. The first-order valence-electron chi connectivity index (χ1n) is 6.26. The molecule has 0 saturated carbocycles. The van der Waals surface area contributed by atoms with E-state index in [4.69, 9.17) is 0 Å². The lowest BCUT2D eigenvalue weighted by Gasteiger charge is -2.12. The second-order valence-corrected chi connectivity index (χ2v) is 6.45. The fourth-order valence-electron chi connectivity index (χ4n) is 1.92. The van der Waals surface area contributed by atoms with Gasteiger partial charge in [0, 0.05) is 5.56 Å². The Morgan fingerprint density at radius 3 is 2.52 bits per heavy atom. The number of hydrogen-bond donors (Lipinski definition) is 2. The molecular formula is C13H15F2N3O2S. The summed E-state index contributed by atoms with van der Waals surface area (Å²) in [5.74, 6) is 0.00976. The van der Waals surface area contributed by atoms with E-state index < -0.39 is 26.9 Å². The fraction of sp³-hybridized carbons (Fsp3) is 0.308. The Morgan fingerprint density at radius 1 is 1.24 bits per heavy atom. The van der Waals surface area contributed by atoms with Crippen LogP contribution in [0.15, 0.2) is 35.4 Å². The summed E-state index contributed by atoms with van der Waals surface area (Å²) < 4.78 is 52.8. The average Bonchev–Trinajstić information content (AvgIpc) is 2.86. The molecule has 0 bridgehead atoms. The highest BCUT2D eigenvalue weighted by molar-refractivity contribution is 7.92. The molecular weight excluding hydrogens is 300 g/mol. The van der Waals surface area contributed by atoms with Gasteiger partial charge in [-0.25, -0.2) is 17.2 Å². The predicted molar refractivity (Wildman–Crippen MR) is 74.9 cm³/mol. The highest BCUT2D eigenvalue weighted by Crippen LogP contribution is 2.29. The summed E-state index contributed by atoms with van der Waals surface area (Å²) in [6.07, 6.45) is -1.55. The molecule has 0 aliphatic rings. The summed E-state index contributed by atoms with van der Waals surface area (Å²) >= 11 is 0.